The summed E-state index contributed by atoms with van der Waals surface area (Å²) in [5.74, 6) is 0.309. The van der Waals surface area contributed by atoms with Gasteiger partial charge in [-0.1, -0.05) is 18.2 Å². The van der Waals surface area contributed by atoms with Gasteiger partial charge in [-0.3, -0.25) is 9.10 Å². The van der Waals surface area contributed by atoms with Crippen LogP contribution in [0.5, 0.6) is 11.5 Å². The number of nitrogens with zero attached hydrogens (tertiary/aromatic N) is 1. The largest absolute Gasteiger partial charge is 0.497 e. The summed E-state index contributed by atoms with van der Waals surface area (Å²) in [5.41, 5.74) is 1.88. The Morgan fingerprint density at radius 3 is 2.22 bits per heavy atom. The Kier molecular flexibility index (Phi) is 7.20. The molecule has 3 aromatic carbocycles. The molecule has 2 atom stereocenters. The Labute approximate surface area is 217 Å². The number of rotatable bonds is 7. The molecular weight excluding hydrogens is 516 g/mol. The second kappa shape index (κ2) is 10.1. The normalized spacial score (nSPS) is 16.3. The van der Waals surface area contributed by atoms with Crippen LogP contribution in [0.3, 0.4) is 0 Å². The van der Waals surface area contributed by atoms with Crippen LogP contribution in [0, 0.1) is 6.92 Å². The number of hydrogen-bond acceptors (Lipinski definition) is 7. The van der Waals surface area contributed by atoms with E-state index in [9.17, 15) is 21.6 Å². The summed E-state index contributed by atoms with van der Waals surface area (Å²) in [6.07, 6.45) is 0.0129. The average Bonchev–Trinajstić information content (AvgIpc) is 2.87. The minimum atomic E-state index is -4.02. The molecule has 4 rings (SSSR count). The van der Waals surface area contributed by atoms with Gasteiger partial charge in [0.05, 0.1) is 35.2 Å². The van der Waals surface area contributed by atoms with Gasteiger partial charge in [-0.05, 0) is 73.5 Å². The Bertz CT molecular complexity index is 1520. The summed E-state index contributed by atoms with van der Waals surface area (Å²) in [6.45, 7) is 3.37. The maximum Gasteiger partial charge on any atom is 0.264 e. The highest BCUT2D eigenvalue weighted by molar-refractivity contribution is 7.92. The van der Waals surface area contributed by atoms with E-state index in [4.69, 9.17) is 9.47 Å². The van der Waals surface area contributed by atoms with E-state index in [-0.39, 0.29) is 22.1 Å². The standard InChI is InChI=1S/C26H28N2O7S2/c1-17-5-14-23-24(15-17)35-25(16-28(23)37(32,33)22-12-8-20(34-3)9-13-22)26(29)27-18(2)19-6-10-21(11-7-19)36(4,30)31/h5-15,18,25H,16H2,1-4H3,(H,27,29)/t18-,25+/m1/s1. The van der Waals surface area contributed by atoms with Crippen molar-refractivity contribution in [1.29, 1.82) is 0 Å². The number of methoxy groups -OCH3 is 1. The number of ether oxygens (including phenoxy) is 2. The number of sulfonamides is 1. The lowest BCUT2D eigenvalue weighted by Gasteiger charge is -2.35. The van der Waals surface area contributed by atoms with Gasteiger partial charge in [-0.2, -0.15) is 0 Å². The van der Waals surface area contributed by atoms with E-state index in [2.05, 4.69) is 5.32 Å². The minimum absolute atomic E-state index is 0.0558. The molecule has 9 nitrogen and oxygen atoms in total. The molecule has 1 aliphatic heterocycles. The van der Waals surface area contributed by atoms with Crippen molar-refractivity contribution in [1.82, 2.24) is 5.32 Å². The molecule has 1 N–H and O–H groups in total. The predicted molar refractivity (Wildman–Crippen MR) is 139 cm³/mol. The zero-order chi connectivity index (χ0) is 27.0. The molecule has 0 aliphatic carbocycles. The molecule has 0 fully saturated rings. The smallest absolute Gasteiger partial charge is 0.264 e. The fourth-order valence-electron chi connectivity index (χ4n) is 3.99. The number of hydrogen-bond donors (Lipinski definition) is 1. The average molecular weight is 545 g/mol. The minimum Gasteiger partial charge on any atom is -0.497 e. The topological polar surface area (TPSA) is 119 Å². The van der Waals surface area contributed by atoms with Crippen LogP contribution in [0.15, 0.2) is 76.5 Å². The molecule has 0 saturated carbocycles. The molecule has 1 amide bonds. The van der Waals surface area contributed by atoms with Crippen molar-refractivity contribution in [2.45, 2.75) is 35.8 Å². The highest BCUT2D eigenvalue weighted by Gasteiger charge is 2.38. The second-order valence-electron chi connectivity index (χ2n) is 8.86. The Balaban J connectivity index is 1.60. The summed E-state index contributed by atoms with van der Waals surface area (Å²) in [7, 11) is -5.87. The first-order valence-corrected chi connectivity index (χ1v) is 14.8. The Hall–Kier alpha value is -3.57. The van der Waals surface area contributed by atoms with Gasteiger partial charge in [0.15, 0.2) is 15.9 Å². The number of amides is 1. The van der Waals surface area contributed by atoms with Crippen LogP contribution >= 0.6 is 0 Å². The van der Waals surface area contributed by atoms with E-state index in [1.54, 1.807) is 49.4 Å². The quantitative estimate of drug-likeness (QED) is 0.485. The zero-order valence-electron chi connectivity index (χ0n) is 20.8. The summed E-state index contributed by atoms with van der Waals surface area (Å²) >= 11 is 0. The first-order valence-electron chi connectivity index (χ1n) is 11.4. The summed E-state index contributed by atoms with van der Waals surface area (Å²) in [6, 6.07) is 16.9. The van der Waals surface area contributed by atoms with Crippen molar-refractivity contribution in [2.75, 3.05) is 24.2 Å². The molecule has 0 unspecified atom stereocenters. The third-order valence-electron chi connectivity index (χ3n) is 6.09. The molecule has 3 aromatic rings. The van der Waals surface area contributed by atoms with Crippen LogP contribution in [0.1, 0.15) is 24.1 Å². The third-order valence-corrected chi connectivity index (χ3v) is 9.01. The van der Waals surface area contributed by atoms with Crippen LogP contribution < -0.4 is 19.1 Å². The third kappa shape index (κ3) is 5.57. The number of nitrogens with one attached hydrogen (secondary N) is 1. The first kappa shape index (κ1) is 26.5. The van der Waals surface area contributed by atoms with E-state index in [1.807, 2.05) is 6.92 Å². The van der Waals surface area contributed by atoms with Crippen molar-refractivity contribution in [3.63, 3.8) is 0 Å². The first-order chi connectivity index (χ1) is 17.4. The van der Waals surface area contributed by atoms with Crippen LogP contribution in [0.4, 0.5) is 5.69 Å². The van der Waals surface area contributed by atoms with Crippen LogP contribution in [0.25, 0.3) is 0 Å². The van der Waals surface area contributed by atoms with Gasteiger partial charge >= 0.3 is 0 Å². The molecule has 1 aliphatic rings. The molecule has 0 bridgehead atoms. The number of carbonyl (C=O) groups is 1. The van der Waals surface area contributed by atoms with Crippen molar-refractivity contribution >= 4 is 31.5 Å². The van der Waals surface area contributed by atoms with Crippen LogP contribution in [-0.2, 0) is 24.7 Å². The lowest BCUT2D eigenvalue weighted by molar-refractivity contribution is -0.128. The van der Waals surface area contributed by atoms with Crippen molar-refractivity contribution in [3.05, 3.63) is 77.9 Å². The number of aryl methyl sites for hydroxylation is 1. The van der Waals surface area contributed by atoms with Gasteiger partial charge in [-0.15, -0.1) is 0 Å². The molecule has 196 valence electrons. The van der Waals surface area contributed by atoms with Crippen molar-refractivity contribution in [3.8, 4) is 11.5 Å². The van der Waals surface area contributed by atoms with E-state index in [1.165, 1.54) is 35.7 Å². The zero-order valence-corrected chi connectivity index (χ0v) is 22.5. The lowest BCUT2D eigenvalue weighted by Crippen LogP contribution is -2.51. The van der Waals surface area contributed by atoms with Gasteiger partial charge < -0.3 is 14.8 Å². The van der Waals surface area contributed by atoms with Gasteiger partial charge in [-0.25, -0.2) is 16.8 Å². The fraction of sp³-hybridized carbons (Fsp3) is 0.269. The number of carbonyl (C=O) groups excluding carboxylic acids is 1. The molecule has 0 saturated heterocycles. The van der Waals surface area contributed by atoms with E-state index >= 15 is 0 Å². The van der Waals surface area contributed by atoms with Crippen LogP contribution in [-0.4, -0.2) is 48.8 Å². The highest BCUT2D eigenvalue weighted by Crippen LogP contribution is 2.38. The summed E-state index contributed by atoms with van der Waals surface area (Å²) in [5, 5.41) is 2.84. The highest BCUT2D eigenvalue weighted by atomic mass is 32.2. The Morgan fingerprint density at radius 2 is 1.62 bits per heavy atom. The molecule has 11 heteroatoms. The van der Waals surface area contributed by atoms with Gasteiger partial charge in [0.1, 0.15) is 11.5 Å². The monoisotopic (exact) mass is 544 g/mol. The lowest BCUT2D eigenvalue weighted by atomic mass is 10.1. The maximum atomic E-state index is 13.6. The summed E-state index contributed by atoms with van der Waals surface area (Å²) < 4.78 is 62.9. The summed E-state index contributed by atoms with van der Waals surface area (Å²) in [4.78, 5) is 13.5. The molecular formula is C26H28N2O7S2. The van der Waals surface area contributed by atoms with Gasteiger partial charge in [0, 0.05) is 6.26 Å². The maximum absolute atomic E-state index is 13.6. The SMILES string of the molecule is COc1ccc(S(=O)(=O)N2C[C@@H](C(=O)N[C@H](C)c3ccc(S(C)(=O)=O)cc3)Oc3cc(C)ccc32)cc1. The second-order valence-corrected chi connectivity index (χ2v) is 12.7. The van der Waals surface area contributed by atoms with Crippen molar-refractivity contribution < 1.29 is 31.1 Å². The van der Waals surface area contributed by atoms with E-state index < -0.39 is 37.9 Å². The predicted octanol–water partition coefficient (Wildman–Crippen LogP) is 3.24. The molecule has 1 heterocycles. The molecule has 0 radical (unpaired) electrons. The fourth-order valence-corrected chi connectivity index (χ4v) is 6.10. The van der Waals surface area contributed by atoms with Gasteiger partial charge in [0.2, 0.25) is 0 Å². The molecule has 37 heavy (non-hydrogen) atoms. The number of sulfone groups is 1. The number of fused-ring (bicyclic) bond motifs is 1. The van der Waals surface area contributed by atoms with E-state index in [0.29, 0.717) is 17.0 Å². The van der Waals surface area contributed by atoms with E-state index in [0.717, 1.165) is 11.8 Å². The van der Waals surface area contributed by atoms with Crippen LogP contribution in [0.2, 0.25) is 0 Å². The molecule has 0 spiro atoms. The Morgan fingerprint density at radius 1 is 1.00 bits per heavy atom. The van der Waals surface area contributed by atoms with Crippen molar-refractivity contribution in [2.24, 2.45) is 0 Å². The van der Waals surface area contributed by atoms with Gasteiger partial charge in [0.25, 0.3) is 15.9 Å². The molecule has 0 aromatic heterocycles. The number of benzene rings is 3. The number of anilines is 1.